The third kappa shape index (κ3) is 4.05. The number of benzene rings is 1. The minimum atomic E-state index is -0.824. The summed E-state index contributed by atoms with van der Waals surface area (Å²) in [7, 11) is 0. The van der Waals surface area contributed by atoms with Crippen LogP contribution >= 0.6 is 0 Å². The standard InChI is InChI=1S/C18H23N3O3/c1-13(2)8-9-18(3)16(22)21(17(23)20-18)10-11-24-15-6-4-14(12-19)5-7-15/h4-7,13H,8-11H2,1-3H3,(H,20,23)/t18-/m1/s1. The first-order chi connectivity index (χ1) is 11.4. The predicted octanol–water partition coefficient (Wildman–Crippen LogP) is 2.68. The molecule has 1 fully saturated rings. The fraction of sp³-hybridized carbons (Fsp3) is 0.500. The number of rotatable bonds is 7. The lowest BCUT2D eigenvalue weighted by Crippen LogP contribution is -2.44. The third-order valence-corrected chi connectivity index (χ3v) is 4.13. The molecule has 1 aromatic rings. The van der Waals surface area contributed by atoms with Gasteiger partial charge in [-0.1, -0.05) is 13.8 Å². The minimum Gasteiger partial charge on any atom is -0.492 e. The number of hydrogen-bond acceptors (Lipinski definition) is 4. The van der Waals surface area contributed by atoms with Crippen LogP contribution in [0.15, 0.2) is 24.3 Å². The van der Waals surface area contributed by atoms with Crippen molar-refractivity contribution >= 4 is 11.9 Å². The summed E-state index contributed by atoms with van der Waals surface area (Å²) in [5.74, 6) is 0.875. The fourth-order valence-electron chi connectivity index (χ4n) is 2.58. The number of amides is 3. The maximum Gasteiger partial charge on any atom is 0.325 e. The van der Waals surface area contributed by atoms with Gasteiger partial charge in [0, 0.05) is 0 Å². The zero-order valence-corrected chi connectivity index (χ0v) is 14.3. The molecule has 1 N–H and O–H groups in total. The number of nitrogens with zero attached hydrogens (tertiary/aromatic N) is 2. The van der Waals surface area contributed by atoms with Gasteiger partial charge in [-0.15, -0.1) is 0 Å². The van der Waals surface area contributed by atoms with Gasteiger partial charge < -0.3 is 10.1 Å². The van der Waals surface area contributed by atoms with Gasteiger partial charge in [-0.25, -0.2) is 4.79 Å². The number of ether oxygens (including phenoxy) is 1. The lowest BCUT2D eigenvalue weighted by molar-refractivity contribution is -0.131. The predicted molar refractivity (Wildman–Crippen MR) is 89.4 cm³/mol. The Morgan fingerprint density at radius 2 is 1.96 bits per heavy atom. The van der Waals surface area contributed by atoms with Crippen LogP contribution in [-0.2, 0) is 4.79 Å². The topological polar surface area (TPSA) is 82.4 Å². The van der Waals surface area contributed by atoms with Gasteiger partial charge in [-0.2, -0.15) is 5.26 Å². The molecule has 6 nitrogen and oxygen atoms in total. The number of nitrogens with one attached hydrogen (secondary N) is 1. The zero-order valence-electron chi connectivity index (χ0n) is 14.3. The molecule has 2 rings (SSSR count). The van der Waals surface area contributed by atoms with E-state index in [0.29, 0.717) is 23.7 Å². The van der Waals surface area contributed by atoms with Gasteiger partial charge in [0.25, 0.3) is 5.91 Å². The van der Waals surface area contributed by atoms with E-state index in [1.54, 1.807) is 31.2 Å². The average molecular weight is 329 g/mol. The summed E-state index contributed by atoms with van der Waals surface area (Å²) >= 11 is 0. The maximum atomic E-state index is 12.5. The van der Waals surface area contributed by atoms with Crippen molar-refractivity contribution in [1.82, 2.24) is 10.2 Å². The van der Waals surface area contributed by atoms with E-state index >= 15 is 0 Å². The molecule has 3 amide bonds. The molecule has 1 saturated heterocycles. The Bertz CT molecular complexity index is 648. The summed E-state index contributed by atoms with van der Waals surface area (Å²) in [6.45, 7) is 6.37. The van der Waals surface area contributed by atoms with Crippen LogP contribution < -0.4 is 10.1 Å². The van der Waals surface area contributed by atoms with E-state index in [0.717, 1.165) is 6.42 Å². The first kappa shape index (κ1) is 17.8. The van der Waals surface area contributed by atoms with Gasteiger partial charge in [0.15, 0.2) is 0 Å². The normalized spacial score (nSPS) is 20.2. The van der Waals surface area contributed by atoms with E-state index in [2.05, 4.69) is 19.2 Å². The number of hydrogen-bond donors (Lipinski definition) is 1. The molecule has 1 aliphatic rings. The van der Waals surface area contributed by atoms with Gasteiger partial charge in [-0.3, -0.25) is 9.69 Å². The number of nitriles is 1. The lowest BCUT2D eigenvalue weighted by atomic mass is 9.92. The highest BCUT2D eigenvalue weighted by molar-refractivity contribution is 6.06. The van der Waals surface area contributed by atoms with Crippen LogP contribution in [0.4, 0.5) is 4.79 Å². The van der Waals surface area contributed by atoms with Crippen LogP contribution in [0.25, 0.3) is 0 Å². The number of carbonyl (C=O) groups excluding carboxylic acids is 2. The highest BCUT2D eigenvalue weighted by atomic mass is 16.5. The van der Waals surface area contributed by atoms with Crippen LogP contribution in [0.5, 0.6) is 5.75 Å². The van der Waals surface area contributed by atoms with Crippen molar-refractivity contribution in [2.75, 3.05) is 13.2 Å². The van der Waals surface area contributed by atoms with Crippen LogP contribution in [0.1, 0.15) is 39.2 Å². The largest absolute Gasteiger partial charge is 0.492 e. The number of imide groups is 1. The Labute approximate surface area is 142 Å². The molecule has 0 aromatic heterocycles. The Hall–Kier alpha value is -2.55. The quantitative estimate of drug-likeness (QED) is 0.780. The van der Waals surface area contributed by atoms with Crippen molar-refractivity contribution in [3.63, 3.8) is 0 Å². The SMILES string of the molecule is CC(C)CC[C@@]1(C)NC(=O)N(CCOc2ccc(C#N)cc2)C1=O. The second kappa shape index (κ2) is 7.35. The molecule has 0 spiro atoms. The van der Waals surface area contributed by atoms with E-state index in [-0.39, 0.29) is 25.1 Å². The minimum absolute atomic E-state index is 0.196. The van der Waals surface area contributed by atoms with Crippen LogP contribution in [0.3, 0.4) is 0 Å². The average Bonchev–Trinajstić information content (AvgIpc) is 2.77. The molecule has 128 valence electrons. The summed E-state index contributed by atoms with van der Waals surface area (Å²) in [5, 5.41) is 11.5. The summed E-state index contributed by atoms with van der Waals surface area (Å²) in [6.07, 6.45) is 1.50. The monoisotopic (exact) mass is 329 g/mol. The van der Waals surface area contributed by atoms with E-state index in [4.69, 9.17) is 10.00 Å². The molecule has 1 aromatic carbocycles. The Morgan fingerprint density at radius 3 is 2.54 bits per heavy atom. The van der Waals surface area contributed by atoms with Gasteiger partial charge in [-0.05, 0) is 49.9 Å². The summed E-state index contributed by atoms with van der Waals surface area (Å²) < 4.78 is 5.55. The fourth-order valence-corrected chi connectivity index (χ4v) is 2.58. The van der Waals surface area contributed by atoms with E-state index < -0.39 is 5.54 Å². The lowest BCUT2D eigenvalue weighted by Gasteiger charge is -2.22. The molecular weight excluding hydrogens is 306 g/mol. The van der Waals surface area contributed by atoms with Gasteiger partial charge in [0.1, 0.15) is 17.9 Å². The molecular formula is C18H23N3O3. The highest BCUT2D eigenvalue weighted by Crippen LogP contribution is 2.24. The maximum absolute atomic E-state index is 12.5. The molecule has 0 saturated carbocycles. The molecule has 6 heteroatoms. The van der Waals surface area contributed by atoms with Crippen LogP contribution in [-0.4, -0.2) is 35.5 Å². The molecule has 0 aliphatic carbocycles. The van der Waals surface area contributed by atoms with Crippen molar-refractivity contribution < 1.29 is 14.3 Å². The molecule has 0 radical (unpaired) electrons. The highest BCUT2D eigenvalue weighted by Gasteiger charge is 2.47. The van der Waals surface area contributed by atoms with Crippen molar-refractivity contribution in [3.8, 4) is 11.8 Å². The van der Waals surface area contributed by atoms with E-state index in [9.17, 15) is 9.59 Å². The molecule has 1 heterocycles. The second-order valence-electron chi connectivity index (χ2n) is 6.64. The van der Waals surface area contributed by atoms with Crippen molar-refractivity contribution in [1.29, 1.82) is 5.26 Å². The first-order valence-corrected chi connectivity index (χ1v) is 8.13. The number of carbonyl (C=O) groups is 2. The Morgan fingerprint density at radius 1 is 1.29 bits per heavy atom. The van der Waals surface area contributed by atoms with Crippen LogP contribution in [0, 0.1) is 17.2 Å². The van der Waals surface area contributed by atoms with E-state index in [1.807, 2.05) is 6.07 Å². The number of urea groups is 1. The smallest absolute Gasteiger partial charge is 0.325 e. The van der Waals surface area contributed by atoms with Crippen molar-refractivity contribution in [3.05, 3.63) is 29.8 Å². The van der Waals surface area contributed by atoms with E-state index in [1.165, 1.54) is 4.90 Å². The van der Waals surface area contributed by atoms with Gasteiger partial charge in [0.05, 0.1) is 18.2 Å². The zero-order chi connectivity index (χ0) is 17.7. The molecule has 0 bridgehead atoms. The Kier molecular flexibility index (Phi) is 5.45. The Balaban J connectivity index is 1.89. The van der Waals surface area contributed by atoms with Gasteiger partial charge >= 0.3 is 6.03 Å². The first-order valence-electron chi connectivity index (χ1n) is 8.13. The van der Waals surface area contributed by atoms with Crippen molar-refractivity contribution in [2.45, 2.75) is 39.2 Å². The summed E-state index contributed by atoms with van der Waals surface area (Å²) in [4.78, 5) is 25.8. The third-order valence-electron chi connectivity index (χ3n) is 4.13. The van der Waals surface area contributed by atoms with Crippen molar-refractivity contribution in [2.24, 2.45) is 5.92 Å². The summed E-state index contributed by atoms with van der Waals surface area (Å²) in [6, 6.07) is 8.37. The summed E-state index contributed by atoms with van der Waals surface area (Å²) in [5.41, 5.74) is -0.270. The molecule has 1 atom stereocenters. The molecule has 24 heavy (non-hydrogen) atoms. The second-order valence-corrected chi connectivity index (χ2v) is 6.64. The molecule has 0 unspecified atom stereocenters. The van der Waals surface area contributed by atoms with Gasteiger partial charge in [0.2, 0.25) is 0 Å². The van der Waals surface area contributed by atoms with Crippen LogP contribution in [0.2, 0.25) is 0 Å². The molecule has 1 aliphatic heterocycles.